The first kappa shape index (κ1) is 20.1. The minimum atomic E-state index is -0.504. The zero-order valence-corrected chi connectivity index (χ0v) is 16.9. The summed E-state index contributed by atoms with van der Waals surface area (Å²) in [5.41, 5.74) is 1.50. The molecule has 30 heavy (non-hydrogen) atoms. The molecule has 1 aliphatic heterocycles. The van der Waals surface area contributed by atoms with Gasteiger partial charge >= 0.3 is 0 Å². The quantitative estimate of drug-likeness (QED) is 0.711. The Bertz CT molecular complexity index is 1070. The molecule has 1 N–H and O–H groups in total. The fourth-order valence-electron chi connectivity index (χ4n) is 3.70. The van der Waals surface area contributed by atoms with Crippen LogP contribution in [-0.2, 0) is 11.3 Å². The first-order chi connectivity index (χ1) is 14.4. The van der Waals surface area contributed by atoms with Gasteiger partial charge in [-0.05, 0) is 43.7 Å². The molecule has 2 atom stereocenters. The SMILES string of the molecule is CC1CN(C(=O)c2ccc(CNC(=O)c3cc4cccc(F)c4o3)cc2)CC(C)O1. The molecule has 2 aromatic carbocycles. The lowest BCUT2D eigenvalue weighted by Gasteiger charge is -2.35. The molecular formula is C23H23FN2O4. The molecule has 0 radical (unpaired) electrons. The second kappa shape index (κ2) is 8.28. The number of benzene rings is 2. The molecule has 2 unspecified atom stereocenters. The summed E-state index contributed by atoms with van der Waals surface area (Å²) < 4.78 is 24.7. The average molecular weight is 410 g/mol. The summed E-state index contributed by atoms with van der Waals surface area (Å²) in [6, 6.07) is 13.2. The Labute approximate surface area is 173 Å². The van der Waals surface area contributed by atoms with Gasteiger partial charge in [-0.1, -0.05) is 24.3 Å². The Morgan fingerprint density at radius 2 is 1.80 bits per heavy atom. The Hall–Kier alpha value is -3.19. The summed E-state index contributed by atoms with van der Waals surface area (Å²) in [7, 11) is 0. The summed E-state index contributed by atoms with van der Waals surface area (Å²) >= 11 is 0. The van der Waals surface area contributed by atoms with Gasteiger partial charge in [-0.25, -0.2) is 4.39 Å². The van der Waals surface area contributed by atoms with Crippen LogP contribution >= 0.6 is 0 Å². The molecule has 1 fully saturated rings. The number of carbonyl (C=O) groups excluding carboxylic acids is 2. The third kappa shape index (κ3) is 4.21. The lowest BCUT2D eigenvalue weighted by atomic mass is 10.1. The van der Waals surface area contributed by atoms with Crippen LogP contribution in [0.3, 0.4) is 0 Å². The number of nitrogens with zero attached hydrogens (tertiary/aromatic N) is 1. The van der Waals surface area contributed by atoms with Gasteiger partial charge in [-0.2, -0.15) is 0 Å². The van der Waals surface area contributed by atoms with Crippen LogP contribution in [0.2, 0.25) is 0 Å². The molecule has 3 aromatic rings. The van der Waals surface area contributed by atoms with Crippen molar-refractivity contribution in [2.24, 2.45) is 0 Å². The van der Waals surface area contributed by atoms with Gasteiger partial charge in [0.05, 0.1) is 12.2 Å². The van der Waals surface area contributed by atoms with Gasteiger partial charge in [-0.3, -0.25) is 9.59 Å². The summed E-state index contributed by atoms with van der Waals surface area (Å²) in [6.07, 6.45) is 0.0258. The third-order valence-corrected chi connectivity index (χ3v) is 5.08. The first-order valence-electron chi connectivity index (χ1n) is 9.90. The molecule has 2 heterocycles. The number of ether oxygens (including phenoxy) is 1. The molecule has 0 saturated carbocycles. The largest absolute Gasteiger partial charge is 0.448 e. The van der Waals surface area contributed by atoms with Crippen LogP contribution in [0.15, 0.2) is 52.9 Å². The number of carbonyl (C=O) groups is 2. The van der Waals surface area contributed by atoms with Gasteiger partial charge in [-0.15, -0.1) is 0 Å². The number of hydrogen-bond donors (Lipinski definition) is 1. The minimum absolute atomic E-state index is 0.0129. The van der Waals surface area contributed by atoms with E-state index in [4.69, 9.17) is 9.15 Å². The molecule has 0 bridgehead atoms. The number of furan rings is 1. The number of morpholine rings is 1. The second-order valence-electron chi connectivity index (χ2n) is 7.62. The van der Waals surface area contributed by atoms with Crippen LogP contribution in [0.5, 0.6) is 0 Å². The molecule has 4 rings (SSSR count). The highest BCUT2D eigenvalue weighted by molar-refractivity contribution is 5.96. The van der Waals surface area contributed by atoms with Crippen LogP contribution in [0.1, 0.15) is 40.3 Å². The molecule has 0 spiro atoms. The van der Waals surface area contributed by atoms with Crippen molar-refractivity contribution in [3.8, 4) is 0 Å². The normalized spacial score (nSPS) is 19.1. The monoisotopic (exact) mass is 410 g/mol. The van der Waals surface area contributed by atoms with Crippen LogP contribution in [0.25, 0.3) is 11.0 Å². The molecule has 6 nitrogen and oxygen atoms in total. The molecule has 7 heteroatoms. The molecule has 2 amide bonds. The summed E-state index contributed by atoms with van der Waals surface area (Å²) in [4.78, 5) is 26.9. The van der Waals surface area contributed by atoms with E-state index in [1.54, 1.807) is 41.3 Å². The molecule has 1 aromatic heterocycles. The Morgan fingerprint density at radius 3 is 2.47 bits per heavy atom. The van der Waals surface area contributed by atoms with E-state index >= 15 is 0 Å². The predicted molar refractivity (Wildman–Crippen MR) is 110 cm³/mol. The van der Waals surface area contributed by atoms with E-state index in [-0.39, 0.29) is 36.0 Å². The summed E-state index contributed by atoms with van der Waals surface area (Å²) in [6.45, 7) is 5.31. The molecule has 0 aliphatic carbocycles. The molecular weight excluding hydrogens is 387 g/mol. The van der Waals surface area contributed by atoms with Crippen molar-refractivity contribution in [3.63, 3.8) is 0 Å². The van der Waals surface area contributed by atoms with Crippen LogP contribution in [0.4, 0.5) is 4.39 Å². The standard InChI is InChI=1S/C23H23FN2O4/c1-14-12-26(13-15(2)29-14)23(28)17-8-6-16(7-9-17)11-25-22(27)20-10-18-4-3-5-19(24)21(18)30-20/h3-10,14-15H,11-13H2,1-2H3,(H,25,27). The van der Waals surface area contributed by atoms with E-state index in [9.17, 15) is 14.0 Å². The van der Waals surface area contributed by atoms with E-state index in [0.29, 0.717) is 24.0 Å². The van der Waals surface area contributed by atoms with E-state index < -0.39 is 11.7 Å². The van der Waals surface area contributed by atoms with Gasteiger partial charge in [0, 0.05) is 30.6 Å². The maximum absolute atomic E-state index is 13.7. The van der Waals surface area contributed by atoms with Crippen LogP contribution < -0.4 is 5.32 Å². The highest BCUT2D eigenvalue weighted by Gasteiger charge is 2.26. The second-order valence-corrected chi connectivity index (χ2v) is 7.62. The highest BCUT2D eigenvalue weighted by Crippen LogP contribution is 2.22. The molecule has 156 valence electrons. The van der Waals surface area contributed by atoms with E-state index in [1.807, 2.05) is 13.8 Å². The van der Waals surface area contributed by atoms with Gasteiger partial charge < -0.3 is 19.4 Å². The number of rotatable bonds is 4. The zero-order chi connectivity index (χ0) is 21.3. The van der Waals surface area contributed by atoms with Crippen molar-refractivity contribution in [2.45, 2.75) is 32.6 Å². The lowest BCUT2D eigenvalue weighted by molar-refractivity contribution is -0.0586. The number of halogens is 1. The maximum Gasteiger partial charge on any atom is 0.287 e. The van der Waals surface area contributed by atoms with Crippen LogP contribution in [-0.4, -0.2) is 42.0 Å². The van der Waals surface area contributed by atoms with Crippen molar-refractivity contribution < 1.29 is 23.1 Å². The minimum Gasteiger partial charge on any atom is -0.448 e. The van der Waals surface area contributed by atoms with E-state index in [0.717, 1.165) is 5.56 Å². The number of para-hydroxylation sites is 1. The van der Waals surface area contributed by atoms with Gasteiger partial charge in [0.25, 0.3) is 11.8 Å². The average Bonchev–Trinajstić information content (AvgIpc) is 3.17. The number of fused-ring (bicyclic) bond motifs is 1. The van der Waals surface area contributed by atoms with Gasteiger partial charge in [0.2, 0.25) is 0 Å². The fraction of sp³-hybridized carbons (Fsp3) is 0.304. The molecule has 1 saturated heterocycles. The maximum atomic E-state index is 13.7. The smallest absolute Gasteiger partial charge is 0.287 e. The molecule has 1 aliphatic rings. The predicted octanol–water partition coefficient (Wildman–Crippen LogP) is 3.75. The fourth-order valence-corrected chi connectivity index (χ4v) is 3.70. The first-order valence-corrected chi connectivity index (χ1v) is 9.90. The topological polar surface area (TPSA) is 71.8 Å². The number of amides is 2. The Morgan fingerprint density at radius 1 is 1.10 bits per heavy atom. The van der Waals surface area contributed by atoms with Crippen molar-refractivity contribution in [1.29, 1.82) is 0 Å². The van der Waals surface area contributed by atoms with Gasteiger partial charge in [0.1, 0.15) is 0 Å². The van der Waals surface area contributed by atoms with E-state index in [2.05, 4.69) is 5.32 Å². The van der Waals surface area contributed by atoms with Crippen molar-refractivity contribution in [2.75, 3.05) is 13.1 Å². The Balaban J connectivity index is 1.38. The van der Waals surface area contributed by atoms with Crippen molar-refractivity contribution in [3.05, 3.63) is 71.2 Å². The lowest BCUT2D eigenvalue weighted by Crippen LogP contribution is -2.48. The number of hydrogen-bond acceptors (Lipinski definition) is 4. The van der Waals surface area contributed by atoms with Gasteiger partial charge in [0.15, 0.2) is 17.2 Å². The van der Waals surface area contributed by atoms with E-state index in [1.165, 1.54) is 12.1 Å². The Kier molecular flexibility index (Phi) is 5.55. The summed E-state index contributed by atoms with van der Waals surface area (Å²) in [5.74, 6) is -0.910. The third-order valence-electron chi connectivity index (χ3n) is 5.08. The van der Waals surface area contributed by atoms with Crippen molar-refractivity contribution in [1.82, 2.24) is 10.2 Å². The highest BCUT2D eigenvalue weighted by atomic mass is 19.1. The zero-order valence-electron chi connectivity index (χ0n) is 16.9. The number of nitrogens with one attached hydrogen (secondary N) is 1. The summed E-state index contributed by atoms with van der Waals surface area (Å²) in [5, 5.41) is 3.29. The van der Waals surface area contributed by atoms with Crippen molar-refractivity contribution >= 4 is 22.8 Å². The van der Waals surface area contributed by atoms with Crippen LogP contribution in [0, 0.1) is 5.82 Å².